The molecule has 0 spiro atoms. The lowest BCUT2D eigenvalue weighted by Gasteiger charge is -2.11. The molecule has 3 rings (SSSR count). The molecule has 9 heteroatoms. The number of aromatic nitrogens is 3. The molecule has 0 fully saturated rings. The van der Waals surface area contributed by atoms with E-state index in [-0.39, 0.29) is 11.7 Å². The van der Waals surface area contributed by atoms with Gasteiger partial charge in [0.25, 0.3) is 0 Å². The number of nitrogen functional groups attached to an aromatic ring is 1. The molecule has 146 valence electrons. The summed E-state index contributed by atoms with van der Waals surface area (Å²) in [7, 11) is 1.59. The first-order chi connectivity index (χ1) is 13.4. The number of thioether (sulfide) groups is 1. The van der Waals surface area contributed by atoms with E-state index >= 15 is 0 Å². The van der Waals surface area contributed by atoms with Gasteiger partial charge in [-0.3, -0.25) is 4.79 Å². The molecular weight excluding hydrogens is 398 g/mol. The minimum atomic E-state index is -0.204. The maximum atomic E-state index is 12.3. The molecule has 0 radical (unpaired) electrons. The zero-order valence-corrected chi connectivity index (χ0v) is 17.3. The molecule has 3 aromatic rings. The first kappa shape index (κ1) is 20.0. The van der Waals surface area contributed by atoms with Gasteiger partial charge in [0.05, 0.1) is 23.6 Å². The normalized spacial score (nSPS) is 10.7. The van der Waals surface area contributed by atoms with Crippen LogP contribution in [0, 0.1) is 13.8 Å². The highest BCUT2D eigenvalue weighted by Crippen LogP contribution is 2.28. The van der Waals surface area contributed by atoms with Gasteiger partial charge in [0, 0.05) is 5.56 Å². The van der Waals surface area contributed by atoms with Crippen molar-refractivity contribution in [2.24, 2.45) is 0 Å². The summed E-state index contributed by atoms with van der Waals surface area (Å²) in [5, 5.41) is 12.0. The molecule has 28 heavy (non-hydrogen) atoms. The summed E-state index contributed by atoms with van der Waals surface area (Å²) in [4.78, 5) is 12.3. The van der Waals surface area contributed by atoms with Crippen LogP contribution in [-0.4, -0.2) is 33.6 Å². The smallest absolute Gasteiger partial charge is 0.234 e. The molecular formula is C19H20ClN5O2S. The number of halogens is 1. The number of hydrogen-bond donors (Lipinski definition) is 2. The van der Waals surface area contributed by atoms with Crippen molar-refractivity contribution in [1.29, 1.82) is 0 Å². The van der Waals surface area contributed by atoms with Gasteiger partial charge in [-0.2, -0.15) is 0 Å². The molecule has 0 bridgehead atoms. The number of carbonyl (C=O) groups is 1. The van der Waals surface area contributed by atoms with E-state index in [2.05, 4.69) is 15.5 Å². The van der Waals surface area contributed by atoms with Crippen LogP contribution in [0.5, 0.6) is 5.75 Å². The van der Waals surface area contributed by atoms with Crippen molar-refractivity contribution in [2.75, 3.05) is 24.0 Å². The fraction of sp³-hybridized carbons (Fsp3) is 0.211. The summed E-state index contributed by atoms with van der Waals surface area (Å²) in [6.07, 6.45) is 0. The fourth-order valence-corrected chi connectivity index (χ4v) is 3.74. The van der Waals surface area contributed by atoms with Crippen molar-refractivity contribution in [3.05, 3.63) is 52.5 Å². The molecule has 3 N–H and O–H groups in total. The van der Waals surface area contributed by atoms with Gasteiger partial charge >= 0.3 is 0 Å². The topological polar surface area (TPSA) is 95.1 Å². The molecule has 2 aromatic carbocycles. The minimum absolute atomic E-state index is 0.122. The second-order valence-corrected chi connectivity index (χ2v) is 7.53. The molecule has 1 aromatic heterocycles. The monoisotopic (exact) mass is 417 g/mol. The highest BCUT2D eigenvalue weighted by molar-refractivity contribution is 7.99. The quantitative estimate of drug-likeness (QED) is 0.469. The number of nitrogens with one attached hydrogen (secondary N) is 1. The van der Waals surface area contributed by atoms with Gasteiger partial charge in [-0.25, -0.2) is 4.68 Å². The van der Waals surface area contributed by atoms with Crippen LogP contribution in [0.1, 0.15) is 11.1 Å². The van der Waals surface area contributed by atoms with Crippen molar-refractivity contribution in [2.45, 2.75) is 19.0 Å². The molecule has 1 heterocycles. The van der Waals surface area contributed by atoms with Gasteiger partial charge in [0.15, 0.2) is 5.82 Å². The zero-order chi connectivity index (χ0) is 20.3. The molecule has 0 aliphatic heterocycles. The molecule has 0 atom stereocenters. The number of benzene rings is 2. The SMILES string of the molecule is COc1cccc(-c2nnc(SCC(=O)Nc3c(C)cc(C)cc3Cl)n2N)c1. The number of carbonyl (C=O) groups excluding carboxylic acids is 1. The van der Waals surface area contributed by atoms with Crippen molar-refractivity contribution in [3.63, 3.8) is 0 Å². The summed E-state index contributed by atoms with van der Waals surface area (Å²) in [5.74, 6) is 7.21. The standard InChI is InChI=1S/C19H20ClN5O2S/c1-11-7-12(2)17(15(20)8-11)22-16(26)10-28-19-24-23-18(25(19)21)13-5-4-6-14(9-13)27-3/h4-9H,10,21H2,1-3H3,(H,22,26). The Balaban J connectivity index is 1.68. The summed E-state index contributed by atoms with van der Waals surface area (Å²) >= 11 is 7.43. The molecule has 7 nitrogen and oxygen atoms in total. The Morgan fingerprint density at radius 3 is 2.79 bits per heavy atom. The Labute approximate surface area is 172 Å². The lowest BCUT2D eigenvalue weighted by Crippen LogP contribution is -2.17. The van der Waals surface area contributed by atoms with Crippen molar-refractivity contribution >= 4 is 35.0 Å². The molecule has 0 aliphatic carbocycles. The van der Waals surface area contributed by atoms with Crippen LogP contribution in [0.25, 0.3) is 11.4 Å². The summed E-state index contributed by atoms with van der Waals surface area (Å²) < 4.78 is 6.58. The molecule has 0 aliphatic rings. The zero-order valence-electron chi connectivity index (χ0n) is 15.7. The van der Waals surface area contributed by atoms with E-state index in [1.165, 1.54) is 16.4 Å². The van der Waals surface area contributed by atoms with Crippen LogP contribution in [-0.2, 0) is 4.79 Å². The average molecular weight is 418 g/mol. The van der Waals surface area contributed by atoms with Gasteiger partial charge < -0.3 is 15.9 Å². The highest BCUT2D eigenvalue weighted by atomic mass is 35.5. The van der Waals surface area contributed by atoms with Gasteiger partial charge in [-0.05, 0) is 43.2 Å². The Morgan fingerprint density at radius 2 is 2.07 bits per heavy atom. The minimum Gasteiger partial charge on any atom is -0.497 e. The highest BCUT2D eigenvalue weighted by Gasteiger charge is 2.15. The Kier molecular flexibility index (Phi) is 6.11. The lowest BCUT2D eigenvalue weighted by molar-refractivity contribution is -0.113. The van der Waals surface area contributed by atoms with Crippen LogP contribution in [0.4, 0.5) is 5.69 Å². The Bertz CT molecular complexity index is 998. The third-order valence-corrected chi connectivity index (χ3v) is 5.26. The number of rotatable bonds is 6. The fourth-order valence-electron chi connectivity index (χ4n) is 2.71. The molecule has 1 amide bonds. The second-order valence-electron chi connectivity index (χ2n) is 6.18. The maximum Gasteiger partial charge on any atom is 0.234 e. The molecule has 0 saturated carbocycles. The number of methoxy groups -OCH3 is 1. The predicted molar refractivity (Wildman–Crippen MR) is 112 cm³/mol. The number of nitrogens with two attached hydrogens (primary N) is 1. The lowest BCUT2D eigenvalue weighted by atomic mass is 10.1. The van der Waals surface area contributed by atoms with E-state index in [0.717, 1.165) is 16.7 Å². The van der Waals surface area contributed by atoms with E-state index in [4.69, 9.17) is 22.2 Å². The van der Waals surface area contributed by atoms with Crippen molar-refractivity contribution < 1.29 is 9.53 Å². The average Bonchev–Trinajstić information content (AvgIpc) is 3.03. The van der Waals surface area contributed by atoms with Crippen LogP contribution in [0.3, 0.4) is 0 Å². The number of hydrogen-bond acceptors (Lipinski definition) is 6. The number of anilines is 1. The van der Waals surface area contributed by atoms with Crippen molar-refractivity contribution in [3.8, 4) is 17.1 Å². The van der Waals surface area contributed by atoms with Crippen molar-refractivity contribution in [1.82, 2.24) is 14.9 Å². The largest absolute Gasteiger partial charge is 0.497 e. The van der Waals surface area contributed by atoms with E-state index < -0.39 is 0 Å². The molecule has 0 unspecified atom stereocenters. The Hall–Kier alpha value is -2.71. The number of amides is 1. The van der Waals surface area contributed by atoms with Gasteiger partial charge in [-0.1, -0.05) is 41.6 Å². The summed E-state index contributed by atoms with van der Waals surface area (Å²) in [6.45, 7) is 3.85. The van der Waals surface area contributed by atoms with E-state index in [1.54, 1.807) is 7.11 Å². The van der Waals surface area contributed by atoms with Gasteiger partial charge in [0.2, 0.25) is 11.1 Å². The van der Waals surface area contributed by atoms with Crippen LogP contribution < -0.4 is 15.9 Å². The first-order valence-corrected chi connectivity index (χ1v) is 9.79. The Morgan fingerprint density at radius 1 is 1.29 bits per heavy atom. The van der Waals surface area contributed by atoms with Crippen LogP contribution >= 0.6 is 23.4 Å². The maximum absolute atomic E-state index is 12.3. The van der Waals surface area contributed by atoms with E-state index in [9.17, 15) is 4.79 Å². The van der Waals surface area contributed by atoms with Crippen LogP contribution in [0.2, 0.25) is 5.02 Å². The van der Waals surface area contributed by atoms with Crippen LogP contribution in [0.15, 0.2) is 41.6 Å². The molecule has 0 saturated heterocycles. The number of aryl methyl sites for hydroxylation is 2. The van der Waals surface area contributed by atoms with Gasteiger partial charge in [0.1, 0.15) is 5.75 Å². The second kappa shape index (κ2) is 8.53. The summed E-state index contributed by atoms with van der Waals surface area (Å²) in [5.41, 5.74) is 3.33. The third-order valence-electron chi connectivity index (χ3n) is 4.02. The number of ether oxygens (including phenoxy) is 1. The first-order valence-electron chi connectivity index (χ1n) is 8.43. The number of nitrogens with zero attached hydrogens (tertiary/aromatic N) is 3. The van der Waals surface area contributed by atoms with E-state index in [0.29, 0.717) is 27.4 Å². The summed E-state index contributed by atoms with van der Waals surface area (Å²) in [6, 6.07) is 11.1. The van der Waals surface area contributed by atoms with E-state index in [1.807, 2.05) is 50.2 Å². The van der Waals surface area contributed by atoms with Gasteiger partial charge in [-0.15, -0.1) is 10.2 Å². The predicted octanol–water partition coefficient (Wildman–Crippen LogP) is 3.67. The third kappa shape index (κ3) is 4.40.